The van der Waals surface area contributed by atoms with Gasteiger partial charge < -0.3 is 9.64 Å². The highest BCUT2D eigenvalue weighted by atomic mass is 32.1. The van der Waals surface area contributed by atoms with Gasteiger partial charge in [0.05, 0.1) is 13.5 Å². The average Bonchev–Trinajstić information content (AvgIpc) is 2.73. The van der Waals surface area contributed by atoms with Gasteiger partial charge >= 0.3 is 12.1 Å². The highest BCUT2D eigenvalue weighted by Crippen LogP contribution is 2.24. The second-order valence-electron chi connectivity index (χ2n) is 3.29. The number of methoxy groups -OCH3 is 1. The number of thiazole rings is 1. The number of rotatable bonds is 4. The zero-order valence-electron chi connectivity index (χ0n) is 9.24. The van der Waals surface area contributed by atoms with E-state index in [2.05, 4.69) is 9.72 Å². The summed E-state index contributed by atoms with van der Waals surface area (Å²) in [7, 11) is 2.71. The third kappa shape index (κ3) is 4.22. The van der Waals surface area contributed by atoms with Gasteiger partial charge in [0.25, 0.3) is 0 Å². The minimum atomic E-state index is -4.20. The summed E-state index contributed by atoms with van der Waals surface area (Å²) < 4.78 is 40.5. The Hall–Kier alpha value is -1.31. The minimum Gasteiger partial charge on any atom is -0.464 e. The molecule has 0 fully saturated rings. The summed E-state index contributed by atoms with van der Waals surface area (Å²) in [6, 6.07) is 0. The molecule has 0 aliphatic carbocycles. The van der Waals surface area contributed by atoms with E-state index in [9.17, 15) is 18.0 Å². The third-order valence-electron chi connectivity index (χ3n) is 1.94. The molecule has 96 valence electrons. The van der Waals surface area contributed by atoms with Crippen molar-refractivity contribution in [3.63, 3.8) is 0 Å². The largest absolute Gasteiger partial charge is 0.464 e. The second kappa shape index (κ2) is 5.35. The molecule has 1 rings (SSSR count). The third-order valence-corrected chi connectivity index (χ3v) is 2.90. The Kier molecular flexibility index (Phi) is 4.33. The number of nitrogens with zero attached hydrogens (tertiary/aromatic N) is 2. The molecule has 1 aromatic rings. The molecule has 0 N–H and O–H groups in total. The van der Waals surface area contributed by atoms with Crippen LogP contribution < -0.4 is 4.90 Å². The maximum Gasteiger partial charge on any atom is 0.390 e. The Morgan fingerprint density at radius 2 is 2.24 bits per heavy atom. The highest BCUT2D eigenvalue weighted by Gasteiger charge is 2.27. The number of carbonyl (C=O) groups is 1. The molecule has 0 unspecified atom stereocenters. The number of halogens is 3. The molecule has 0 amide bonds. The van der Waals surface area contributed by atoms with Gasteiger partial charge in [-0.2, -0.15) is 13.2 Å². The SMILES string of the molecule is COC(=O)c1csc(N(C)CCC(F)(F)F)n1. The zero-order chi connectivity index (χ0) is 13.1. The van der Waals surface area contributed by atoms with Gasteiger partial charge in [-0.1, -0.05) is 0 Å². The van der Waals surface area contributed by atoms with E-state index in [4.69, 9.17) is 0 Å². The summed E-state index contributed by atoms with van der Waals surface area (Å²) in [6.45, 7) is -0.197. The number of carbonyl (C=O) groups excluding carboxylic acids is 1. The van der Waals surface area contributed by atoms with Crippen molar-refractivity contribution >= 4 is 22.4 Å². The quantitative estimate of drug-likeness (QED) is 0.786. The molecule has 0 radical (unpaired) electrons. The van der Waals surface area contributed by atoms with Crippen LogP contribution in [0.5, 0.6) is 0 Å². The summed E-state index contributed by atoms with van der Waals surface area (Å²) in [5.41, 5.74) is 0.103. The van der Waals surface area contributed by atoms with E-state index >= 15 is 0 Å². The topological polar surface area (TPSA) is 42.4 Å². The number of hydrogen-bond donors (Lipinski definition) is 0. The molecule has 8 heteroatoms. The molecular formula is C9H11F3N2O2S. The minimum absolute atomic E-state index is 0.103. The fourth-order valence-electron chi connectivity index (χ4n) is 1.03. The Labute approximate surface area is 100 Å². The van der Waals surface area contributed by atoms with Crippen LogP contribution in [0.3, 0.4) is 0 Å². The predicted molar refractivity (Wildman–Crippen MR) is 57.4 cm³/mol. The van der Waals surface area contributed by atoms with E-state index in [0.717, 1.165) is 11.3 Å². The lowest BCUT2D eigenvalue weighted by atomic mass is 10.4. The van der Waals surface area contributed by atoms with Crippen LogP contribution in [0.25, 0.3) is 0 Å². The molecule has 0 atom stereocenters. The molecule has 1 heterocycles. The normalized spacial score (nSPS) is 11.4. The summed E-state index contributed by atoms with van der Waals surface area (Å²) >= 11 is 1.10. The molecule has 1 aromatic heterocycles. The number of hydrogen-bond acceptors (Lipinski definition) is 5. The fourth-order valence-corrected chi connectivity index (χ4v) is 1.82. The lowest BCUT2D eigenvalue weighted by Crippen LogP contribution is -2.24. The van der Waals surface area contributed by atoms with Crippen molar-refractivity contribution in [3.05, 3.63) is 11.1 Å². The first-order valence-corrected chi connectivity index (χ1v) is 5.53. The average molecular weight is 268 g/mol. The van der Waals surface area contributed by atoms with Crippen molar-refractivity contribution in [2.45, 2.75) is 12.6 Å². The molecular weight excluding hydrogens is 257 g/mol. The van der Waals surface area contributed by atoms with Gasteiger partial charge in [0.15, 0.2) is 10.8 Å². The maximum atomic E-state index is 12.0. The van der Waals surface area contributed by atoms with Crippen LogP contribution in [-0.4, -0.2) is 37.8 Å². The van der Waals surface area contributed by atoms with Gasteiger partial charge in [-0.3, -0.25) is 0 Å². The molecule has 0 aliphatic heterocycles. The number of aromatic nitrogens is 1. The van der Waals surface area contributed by atoms with Crippen molar-refractivity contribution in [3.8, 4) is 0 Å². The Morgan fingerprint density at radius 1 is 1.59 bits per heavy atom. The fraction of sp³-hybridized carbons (Fsp3) is 0.556. The van der Waals surface area contributed by atoms with Crippen molar-refractivity contribution in [2.75, 3.05) is 25.6 Å². The first-order valence-electron chi connectivity index (χ1n) is 4.65. The van der Waals surface area contributed by atoms with E-state index in [0.29, 0.717) is 5.13 Å². The van der Waals surface area contributed by atoms with E-state index in [1.165, 1.54) is 24.4 Å². The maximum absolute atomic E-state index is 12.0. The summed E-state index contributed by atoms with van der Waals surface area (Å²) in [6.07, 6.45) is -5.12. The van der Waals surface area contributed by atoms with E-state index in [1.807, 2.05) is 0 Å². The zero-order valence-corrected chi connectivity index (χ0v) is 10.1. The number of anilines is 1. The van der Waals surface area contributed by atoms with E-state index in [-0.39, 0.29) is 12.2 Å². The van der Waals surface area contributed by atoms with Crippen LogP contribution >= 0.6 is 11.3 Å². The van der Waals surface area contributed by atoms with Gasteiger partial charge in [0.1, 0.15) is 0 Å². The number of alkyl halides is 3. The summed E-state index contributed by atoms with van der Waals surface area (Å²) in [5.74, 6) is -0.600. The first kappa shape index (κ1) is 13.8. The monoisotopic (exact) mass is 268 g/mol. The van der Waals surface area contributed by atoms with E-state index in [1.54, 1.807) is 0 Å². The van der Waals surface area contributed by atoms with Crippen LogP contribution in [0.15, 0.2) is 5.38 Å². The van der Waals surface area contributed by atoms with Gasteiger partial charge in [0.2, 0.25) is 0 Å². The molecule has 0 saturated heterocycles. The Balaban J connectivity index is 2.61. The summed E-state index contributed by atoms with van der Waals surface area (Å²) in [4.78, 5) is 16.3. The van der Waals surface area contributed by atoms with Gasteiger partial charge in [-0.25, -0.2) is 9.78 Å². The second-order valence-corrected chi connectivity index (χ2v) is 4.13. The van der Waals surface area contributed by atoms with Crippen molar-refractivity contribution in [1.82, 2.24) is 4.98 Å². The molecule has 0 aliphatic rings. The predicted octanol–water partition coefficient (Wildman–Crippen LogP) is 2.32. The van der Waals surface area contributed by atoms with Crippen LogP contribution in [0, 0.1) is 0 Å². The van der Waals surface area contributed by atoms with Crippen LogP contribution in [0.2, 0.25) is 0 Å². The van der Waals surface area contributed by atoms with Crippen molar-refractivity contribution in [1.29, 1.82) is 0 Å². The van der Waals surface area contributed by atoms with Crippen LogP contribution in [0.4, 0.5) is 18.3 Å². The number of ether oxygens (including phenoxy) is 1. The van der Waals surface area contributed by atoms with Gasteiger partial charge in [-0.15, -0.1) is 11.3 Å². The Bertz CT molecular complexity index is 392. The molecule has 0 spiro atoms. The molecule has 0 aromatic carbocycles. The lowest BCUT2D eigenvalue weighted by molar-refractivity contribution is -0.132. The van der Waals surface area contributed by atoms with Gasteiger partial charge in [0, 0.05) is 19.0 Å². The summed E-state index contributed by atoms with van der Waals surface area (Å²) in [5, 5.41) is 1.81. The highest BCUT2D eigenvalue weighted by molar-refractivity contribution is 7.13. The molecule has 0 saturated carbocycles. The van der Waals surface area contributed by atoms with Crippen molar-refractivity contribution in [2.24, 2.45) is 0 Å². The standard InChI is InChI=1S/C9H11F3N2O2S/c1-14(4-3-9(10,11)12)8-13-6(5-17-8)7(15)16-2/h5H,3-4H2,1-2H3. The molecule has 4 nitrogen and oxygen atoms in total. The van der Waals surface area contributed by atoms with Crippen molar-refractivity contribution < 1.29 is 22.7 Å². The lowest BCUT2D eigenvalue weighted by Gasteiger charge is -2.16. The van der Waals surface area contributed by atoms with E-state index < -0.39 is 18.6 Å². The Morgan fingerprint density at radius 3 is 2.76 bits per heavy atom. The molecule has 0 bridgehead atoms. The molecule has 17 heavy (non-hydrogen) atoms. The smallest absolute Gasteiger partial charge is 0.390 e. The van der Waals surface area contributed by atoms with Crippen LogP contribution in [0.1, 0.15) is 16.9 Å². The number of esters is 1. The van der Waals surface area contributed by atoms with Crippen LogP contribution in [-0.2, 0) is 4.74 Å². The first-order chi connectivity index (χ1) is 7.83. The van der Waals surface area contributed by atoms with Gasteiger partial charge in [-0.05, 0) is 0 Å².